The lowest BCUT2D eigenvalue weighted by atomic mass is 10.0. The second-order valence-electron chi connectivity index (χ2n) is 9.68. The van der Waals surface area contributed by atoms with Gasteiger partial charge in [-0.3, -0.25) is 0 Å². The Morgan fingerprint density at radius 2 is 2.21 bits per heavy atom. The van der Waals surface area contributed by atoms with Crippen LogP contribution in [0.2, 0.25) is 0 Å². The molecule has 2 heterocycles. The van der Waals surface area contributed by atoms with Gasteiger partial charge in [0.2, 0.25) is 0 Å². The summed E-state index contributed by atoms with van der Waals surface area (Å²) in [5, 5.41) is 12.0. The summed E-state index contributed by atoms with van der Waals surface area (Å²) in [5.74, 6) is 0.573. The first kappa shape index (κ1) is 24.4. The Morgan fingerprint density at radius 1 is 1.44 bits per heavy atom. The number of nitrogens with one attached hydrogen (secondary N) is 2. The lowest BCUT2D eigenvalue weighted by molar-refractivity contribution is -0.0495. The number of halogens is 3. The van der Waals surface area contributed by atoms with Gasteiger partial charge in [-0.05, 0) is 44.2 Å². The fraction of sp³-hybridized carbons (Fsp3) is 0.583. The minimum absolute atomic E-state index is 0.115. The molecule has 4 N–H and O–H groups in total. The maximum Gasteiger partial charge on any atom is 0.387 e. The minimum Gasteiger partial charge on any atom is -0.431 e. The van der Waals surface area contributed by atoms with Gasteiger partial charge in [0.25, 0.3) is 0 Å². The van der Waals surface area contributed by atoms with Crippen molar-refractivity contribution in [3.63, 3.8) is 0 Å². The van der Waals surface area contributed by atoms with Crippen molar-refractivity contribution < 1.29 is 22.6 Å². The summed E-state index contributed by atoms with van der Waals surface area (Å²) in [6, 6.07) is 1.47. The van der Waals surface area contributed by atoms with E-state index in [9.17, 15) is 13.2 Å². The number of anilines is 1. The second-order valence-corrected chi connectivity index (χ2v) is 9.68. The quantitative estimate of drug-likeness (QED) is 0.443. The van der Waals surface area contributed by atoms with E-state index in [4.69, 9.17) is 15.9 Å². The van der Waals surface area contributed by atoms with Crippen LogP contribution in [0, 0.1) is 23.2 Å². The van der Waals surface area contributed by atoms with Crippen molar-refractivity contribution in [1.82, 2.24) is 15.2 Å². The molecule has 1 saturated heterocycles. The van der Waals surface area contributed by atoms with Gasteiger partial charge in [-0.25, -0.2) is 9.37 Å². The van der Waals surface area contributed by atoms with Crippen molar-refractivity contribution in [3.8, 4) is 5.75 Å². The molecule has 4 atom stereocenters. The van der Waals surface area contributed by atoms with Crippen molar-refractivity contribution in [2.45, 2.75) is 45.0 Å². The maximum absolute atomic E-state index is 14.8. The molecule has 0 amide bonds. The highest BCUT2D eigenvalue weighted by molar-refractivity contribution is 6.07. The van der Waals surface area contributed by atoms with Crippen LogP contribution in [0.5, 0.6) is 5.75 Å². The van der Waals surface area contributed by atoms with Gasteiger partial charge < -0.3 is 30.8 Å². The maximum atomic E-state index is 14.8. The van der Waals surface area contributed by atoms with E-state index in [-0.39, 0.29) is 35.8 Å². The van der Waals surface area contributed by atoms with Crippen molar-refractivity contribution in [2.75, 3.05) is 32.5 Å². The summed E-state index contributed by atoms with van der Waals surface area (Å²) in [6.45, 7) is 2.20. The fourth-order valence-electron chi connectivity index (χ4n) is 5.15. The van der Waals surface area contributed by atoms with Gasteiger partial charge >= 0.3 is 6.61 Å². The van der Waals surface area contributed by atoms with E-state index in [1.165, 1.54) is 25.1 Å². The molecule has 4 rings (SSSR count). The molecule has 7 nitrogen and oxygen atoms in total. The van der Waals surface area contributed by atoms with Crippen LogP contribution >= 0.6 is 0 Å². The molecule has 2 aliphatic carbocycles. The number of hydrogen-bond donors (Lipinski definition) is 3. The van der Waals surface area contributed by atoms with Gasteiger partial charge in [-0.15, -0.1) is 0 Å². The largest absolute Gasteiger partial charge is 0.431 e. The molecule has 2 unspecified atom stereocenters. The molecule has 186 valence electrons. The monoisotopic (exact) mass is 479 g/mol. The molecule has 1 aromatic heterocycles. The summed E-state index contributed by atoms with van der Waals surface area (Å²) in [7, 11) is 1.53. The molecule has 1 aliphatic heterocycles. The number of alkyl halides is 3. The van der Waals surface area contributed by atoms with Crippen LogP contribution in [0.15, 0.2) is 35.8 Å². The minimum atomic E-state index is -3.03. The lowest BCUT2D eigenvalue weighted by Gasteiger charge is -2.24. The number of nitrogens with two attached hydrogens (primary N) is 1. The highest BCUT2D eigenvalue weighted by Gasteiger charge is 2.55. The van der Waals surface area contributed by atoms with Gasteiger partial charge in [0.15, 0.2) is 17.2 Å². The van der Waals surface area contributed by atoms with Crippen molar-refractivity contribution >= 4 is 11.5 Å². The van der Waals surface area contributed by atoms with Crippen molar-refractivity contribution in [2.24, 2.45) is 17.8 Å². The number of ether oxygens (including phenoxy) is 2. The number of likely N-dealkylation sites (tertiary alicyclic amines) is 1. The third kappa shape index (κ3) is 5.16. The number of pyridine rings is 1. The number of allylic oxidation sites excluding steroid dienone is 4. The number of nitrogens with zero attached hydrogens (tertiary/aromatic N) is 2. The van der Waals surface area contributed by atoms with Crippen LogP contribution in [0.1, 0.15) is 32.3 Å². The van der Waals surface area contributed by atoms with Gasteiger partial charge in [0.05, 0.1) is 18.9 Å². The van der Waals surface area contributed by atoms with Crippen molar-refractivity contribution in [1.29, 1.82) is 5.41 Å². The predicted octanol–water partition coefficient (Wildman–Crippen LogP) is 3.73. The lowest BCUT2D eigenvalue weighted by Crippen LogP contribution is -2.33. The number of fused-ring (bicyclic) bond motifs is 1. The first-order chi connectivity index (χ1) is 16.1. The summed E-state index contributed by atoms with van der Waals surface area (Å²) in [5.41, 5.74) is 6.91. The van der Waals surface area contributed by atoms with Gasteiger partial charge in [0, 0.05) is 55.2 Å². The summed E-state index contributed by atoms with van der Waals surface area (Å²) in [4.78, 5) is 6.03. The molecule has 3 aliphatic rings. The highest BCUT2D eigenvalue weighted by Crippen LogP contribution is 2.59. The average molecular weight is 480 g/mol. The third-order valence-electron chi connectivity index (χ3n) is 6.70. The fourth-order valence-corrected chi connectivity index (χ4v) is 5.15. The average Bonchev–Trinajstić information content (AvgIpc) is 3.06. The topological polar surface area (TPSA) is 96.5 Å². The van der Waals surface area contributed by atoms with Crippen LogP contribution in [-0.4, -0.2) is 60.7 Å². The summed E-state index contributed by atoms with van der Waals surface area (Å²) in [6.07, 6.45) is 6.70. The molecular weight excluding hydrogens is 447 g/mol. The van der Waals surface area contributed by atoms with E-state index >= 15 is 0 Å². The number of methoxy groups -OCH3 is 1. The Hall–Kier alpha value is -2.75. The highest BCUT2D eigenvalue weighted by atomic mass is 19.3. The molecule has 0 radical (unpaired) electrons. The Balaban J connectivity index is 1.48. The van der Waals surface area contributed by atoms with E-state index in [0.717, 1.165) is 12.1 Å². The molecule has 0 spiro atoms. The second kappa shape index (κ2) is 9.48. The van der Waals surface area contributed by atoms with Gasteiger partial charge in [0.1, 0.15) is 0 Å². The van der Waals surface area contributed by atoms with Crippen LogP contribution < -0.4 is 15.8 Å². The number of nitrogen functional groups attached to an aromatic ring is 1. The van der Waals surface area contributed by atoms with E-state index in [1.54, 1.807) is 6.08 Å². The van der Waals surface area contributed by atoms with E-state index in [1.807, 2.05) is 13.8 Å². The van der Waals surface area contributed by atoms with Gasteiger partial charge in [-0.2, -0.15) is 8.78 Å². The van der Waals surface area contributed by atoms with Crippen LogP contribution in [0.3, 0.4) is 0 Å². The normalized spacial score (nSPS) is 28.4. The predicted molar refractivity (Wildman–Crippen MR) is 124 cm³/mol. The van der Waals surface area contributed by atoms with Crippen LogP contribution in [0.4, 0.5) is 19.0 Å². The van der Waals surface area contributed by atoms with E-state index < -0.39 is 12.3 Å². The first-order valence-corrected chi connectivity index (χ1v) is 11.5. The zero-order chi connectivity index (χ0) is 24.6. The van der Waals surface area contributed by atoms with E-state index in [0.29, 0.717) is 36.9 Å². The Kier molecular flexibility index (Phi) is 6.80. The summed E-state index contributed by atoms with van der Waals surface area (Å²) < 4.78 is 49.5. The van der Waals surface area contributed by atoms with Crippen LogP contribution in [0.25, 0.3) is 0 Å². The molecule has 10 heteroatoms. The van der Waals surface area contributed by atoms with Crippen LogP contribution in [-0.2, 0) is 4.74 Å². The Morgan fingerprint density at radius 3 is 2.82 bits per heavy atom. The smallest absolute Gasteiger partial charge is 0.387 e. The molecule has 0 bridgehead atoms. The Bertz CT molecular complexity index is 999. The Labute approximate surface area is 197 Å². The molecule has 1 aromatic rings. The molecule has 0 aromatic carbocycles. The zero-order valence-corrected chi connectivity index (χ0v) is 19.7. The third-order valence-corrected chi connectivity index (χ3v) is 6.70. The SMILES string of the molecule is COCC1(F)CCN(C2=C[C@@H]3C(/C(=C/C(=N)c4cnc(N)c(OC(F)F)c4)NC(C)C)[C@@H]3C2)C1. The van der Waals surface area contributed by atoms with Crippen molar-refractivity contribution in [3.05, 3.63) is 41.4 Å². The standard InChI is InChI=1S/C24H32F3N5O2/c1-13(2)31-19(9-18(28)14-6-20(34-23(25)26)22(29)30-10-14)21-16-7-15(8-17(16)21)32-5-4-24(27,11-32)12-33-3/h6-7,9-10,13,16-17,21,23,28,31H,4-5,8,11-12H2,1-3H3,(H2,29,30)/b19-9-,28-18?/t16-,17+,21?,24?/m0/s1. The molecule has 1 saturated carbocycles. The zero-order valence-electron chi connectivity index (χ0n) is 19.7. The van der Waals surface area contributed by atoms with E-state index in [2.05, 4.69) is 26.0 Å². The number of aromatic nitrogens is 1. The first-order valence-electron chi connectivity index (χ1n) is 11.5. The van der Waals surface area contributed by atoms with Gasteiger partial charge in [-0.1, -0.05) is 6.08 Å². The molecule has 34 heavy (non-hydrogen) atoms. The summed E-state index contributed by atoms with van der Waals surface area (Å²) >= 11 is 0. The molecule has 2 fully saturated rings. The number of hydrogen-bond acceptors (Lipinski definition) is 7. The number of rotatable bonds is 10. The molecular formula is C24H32F3N5O2.